The second-order valence-electron chi connectivity index (χ2n) is 6.94. The smallest absolute Gasteiger partial charge is 0.416 e. The molecular weight excluding hydrogens is 309 g/mol. The molecule has 0 saturated carbocycles. The van der Waals surface area contributed by atoms with Gasteiger partial charge in [0.2, 0.25) is 5.91 Å². The van der Waals surface area contributed by atoms with Crippen LogP contribution in [0.1, 0.15) is 45.7 Å². The average Bonchev–Trinajstić information content (AvgIpc) is 2.32. The van der Waals surface area contributed by atoms with E-state index in [4.69, 9.17) is 10.5 Å². The molecule has 1 rings (SSSR count). The van der Waals surface area contributed by atoms with E-state index in [0.717, 1.165) is 6.07 Å². The molecule has 130 valence electrons. The molecular formula is C16H23F3N2O2. The molecule has 0 radical (unpaired) electrons. The van der Waals surface area contributed by atoms with E-state index >= 15 is 0 Å². The molecule has 1 amide bonds. The van der Waals surface area contributed by atoms with E-state index in [1.807, 2.05) is 0 Å². The van der Waals surface area contributed by atoms with Crippen molar-refractivity contribution < 1.29 is 22.7 Å². The van der Waals surface area contributed by atoms with Crippen molar-refractivity contribution in [3.63, 3.8) is 0 Å². The number of ether oxygens (including phenoxy) is 1. The van der Waals surface area contributed by atoms with Gasteiger partial charge in [0.25, 0.3) is 0 Å². The van der Waals surface area contributed by atoms with Crippen LogP contribution in [0.15, 0.2) is 18.2 Å². The van der Waals surface area contributed by atoms with Gasteiger partial charge in [-0.25, -0.2) is 0 Å². The monoisotopic (exact) mass is 332 g/mol. The Morgan fingerprint density at radius 1 is 1.17 bits per heavy atom. The van der Waals surface area contributed by atoms with E-state index in [1.165, 1.54) is 26.0 Å². The first-order valence-corrected chi connectivity index (χ1v) is 7.16. The summed E-state index contributed by atoms with van der Waals surface area (Å²) in [5.74, 6) is -0.403. The van der Waals surface area contributed by atoms with E-state index < -0.39 is 28.8 Å². The molecule has 0 unspecified atom stereocenters. The van der Waals surface area contributed by atoms with Gasteiger partial charge >= 0.3 is 6.18 Å². The van der Waals surface area contributed by atoms with Gasteiger partial charge in [0.1, 0.15) is 11.4 Å². The van der Waals surface area contributed by atoms with E-state index in [-0.39, 0.29) is 17.9 Å². The number of rotatable bonds is 4. The highest BCUT2D eigenvalue weighted by molar-refractivity contribution is 5.85. The Morgan fingerprint density at radius 3 is 2.17 bits per heavy atom. The number of hydrogen-bond donors (Lipinski definition) is 2. The van der Waals surface area contributed by atoms with Crippen LogP contribution in [0.3, 0.4) is 0 Å². The molecule has 0 fully saturated rings. The maximum atomic E-state index is 13.2. The van der Waals surface area contributed by atoms with Gasteiger partial charge < -0.3 is 15.8 Å². The van der Waals surface area contributed by atoms with Crippen LogP contribution >= 0.6 is 0 Å². The minimum atomic E-state index is -4.55. The molecule has 1 aromatic rings. The number of benzene rings is 1. The molecule has 0 aromatic heterocycles. The van der Waals surface area contributed by atoms with Gasteiger partial charge in [0.15, 0.2) is 0 Å². The molecule has 7 heteroatoms. The number of hydrogen-bond acceptors (Lipinski definition) is 3. The van der Waals surface area contributed by atoms with Crippen LogP contribution in [0, 0.1) is 0 Å². The first-order valence-electron chi connectivity index (χ1n) is 7.16. The zero-order valence-corrected chi connectivity index (χ0v) is 14.0. The van der Waals surface area contributed by atoms with Crippen LogP contribution in [-0.4, -0.2) is 17.0 Å². The first kappa shape index (κ1) is 19.3. The van der Waals surface area contributed by atoms with Gasteiger partial charge in [0.05, 0.1) is 11.1 Å². The van der Waals surface area contributed by atoms with Crippen LogP contribution in [0.25, 0.3) is 0 Å². The van der Waals surface area contributed by atoms with Gasteiger partial charge in [-0.05, 0) is 52.3 Å². The molecule has 23 heavy (non-hydrogen) atoms. The summed E-state index contributed by atoms with van der Waals surface area (Å²) in [6.07, 6.45) is -4.55. The van der Waals surface area contributed by atoms with Crippen molar-refractivity contribution in [2.75, 3.05) is 0 Å². The average molecular weight is 332 g/mol. The summed E-state index contributed by atoms with van der Waals surface area (Å²) < 4.78 is 45.1. The van der Waals surface area contributed by atoms with Crippen LogP contribution in [0.4, 0.5) is 13.2 Å². The van der Waals surface area contributed by atoms with Gasteiger partial charge in [-0.3, -0.25) is 4.79 Å². The third kappa shape index (κ3) is 6.09. The quantitative estimate of drug-likeness (QED) is 0.890. The van der Waals surface area contributed by atoms with E-state index in [9.17, 15) is 18.0 Å². The van der Waals surface area contributed by atoms with Crippen LogP contribution in [0.5, 0.6) is 5.75 Å². The predicted octanol–water partition coefficient (Wildman–Crippen LogP) is 3.24. The maximum absolute atomic E-state index is 13.2. The number of carbonyl (C=O) groups is 1. The van der Waals surface area contributed by atoms with Gasteiger partial charge in [-0.15, -0.1) is 0 Å². The molecule has 0 saturated heterocycles. The molecule has 1 aromatic carbocycles. The summed E-state index contributed by atoms with van der Waals surface area (Å²) >= 11 is 0. The molecule has 3 N–H and O–H groups in total. The van der Waals surface area contributed by atoms with Crippen molar-refractivity contribution in [2.24, 2.45) is 5.73 Å². The number of amides is 1. The third-order valence-corrected chi connectivity index (χ3v) is 2.84. The molecule has 0 atom stereocenters. The SMILES string of the molecule is CC(C)(C)Oc1ccc(CNC(=O)C(C)(C)N)c(C(F)(F)F)c1. The Kier molecular flexibility index (Phi) is 5.36. The van der Waals surface area contributed by atoms with Crippen molar-refractivity contribution in [1.82, 2.24) is 5.32 Å². The summed E-state index contributed by atoms with van der Waals surface area (Å²) in [5.41, 5.74) is 2.95. The summed E-state index contributed by atoms with van der Waals surface area (Å²) in [7, 11) is 0. The second-order valence-corrected chi connectivity index (χ2v) is 6.94. The van der Waals surface area contributed by atoms with E-state index in [0.29, 0.717) is 0 Å². The lowest BCUT2D eigenvalue weighted by Gasteiger charge is -2.23. The highest BCUT2D eigenvalue weighted by atomic mass is 19.4. The van der Waals surface area contributed by atoms with Crippen LogP contribution in [0.2, 0.25) is 0 Å². The summed E-state index contributed by atoms with van der Waals surface area (Å²) in [6, 6.07) is 3.70. The van der Waals surface area contributed by atoms with Gasteiger partial charge in [-0.1, -0.05) is 6.07 Å². The standard InChI is InChI=1S/C16H23F3N2O2/c1-14(2,3)23-11-7-6-10(12(8-11)16(17,18)19)9-21-13(22)15(4,5)20/h6-8H,9,20H2,1-5H3,(H,21,22). The van der Waals surface area contributed by atoms with Gasteiger partial charge in [-0.2, -0.15) is 13.2 Å². The lowest BCUT2D eigenvalue weighted by atomic mass is 10.0. The van der Waals surface area contributed by atoms with Crippen molar-refractivity contribution in [1.29, 1.82) is 0 Å². The lowest BCUT2D eigenvalue weighted by molar-refractivity contribution is -0.138. The number of carbonyl (C=O) groups excluding carboxylic acids is 1. The highest BCUT2D eigenvalue weighted by Crippen LogP contribution is 2.35. The van der Waals surface area contributed by atoms with E-state index in [1.54, 1.807) is 20.8 Å². The van der Waals surface area contributed by atoms with E-state index in [2.05, 4.69) is 5.32 Å². The number of halogens is 3. The first-order chi connectivity index (χ1) is 10.2. The molecule has 0 aliphatic carbocycles. The molecule has 4 nitrogen and oxygen atoms in total. The van der Waals surface area contributed by atoms with Crippen molar-refractivity contribution in [3.05, 3.63) is 29.3 Å². The Bertz CT molecular complexity index is 570. The fraction of sp³-hybridized carbons (Fsp3) is 0.562. The van der Waals surface area contributed by atoms with Crippen LogP contribution in [-0.2, 0) is 17.5 Å². The normalized spacial score (nSPS) is 12.9. The lowest BCUT2D eigenvalue weighted by Crippen LogP contribution is -2.48. The van der Waals surface area contributed by atoms with Crippen molar-refractivity contribution in [3.8, 4) is 5.75 Å². The highest BCUT2D eigenvalue weighted by Gasteiger charge is 2.34. The predicted molar refractivity (Wildman–Crippen MR) is 81.9 cm³/mol. The number of alkyl halides is 3. The van der Waals surface area contributed by atoms with Crippen molar-refractivity contribution >= 4 is 5.91 Å². The Balaban J connectivity index is 3.06. The number of nitrogens with one attached hydrogen (secondary N) is 1. The topological polar surface area (TPSA) is 64.3 Å². The zero-order valence-electron chi connectivity index (χ0n) is 14.0. The summed E-state index contributed by atoms with van der Waals surface area (Å²) in [5, 5.41) is 2.41. The molecule has 0 aliphatic rings. The Morgan fingerprint density at radius 2 is 1.74 bits per heavy atom. The number of nitrogens with two attached hydrogens (primary N) is 1. The minimum Gasteiger partial charge on any atom is -0.488 e. The third-order valence-electron chi connectivity index (χ3n) is 2.84. The van der Waals surface area contributed by atoms with Crippen LogP contribution < -0.4 is 15.8 Å². The van der Waals surface area contributed by atoms with Gasteiger partial charge in [0, 0.05) is 6.54 Å². The zero-order chi connectivity index (χ0) is 18.1. The summed E-state index contributed by atoms with van der Waals surface area (Å²) in [4.78, 5) is 11.7. The largest absolute Gasteiger partial charge is 0.488 e. The molecule has 0 heterocycles. The Labute approximate surface area is 134 Å². The fourth-order valence-electron chi connectivity index (χ4n) is 1.79. The summed E-state index contributed by atoms with van der Waals surface area (Å²) in [6.45, 7) is 7.94. The fourth-order valence-corrected chi connectivity index (χ4v) is 1.79. The Hall–Kier alpha value is -1.76. The molecule has 0 aliphatic heterocycles. The second kappa shape index (κ2) is 6.39. The molecule has 0 spiro atoms. The minimum absolute atomic E-state index is 0.0450. The molecule has 0 bridgehead atoms. The van der Waals surface area contributed by atoms with Crippen molar-refractivity contribution in [2.45, 2.75) is 58.5 Å². The maximum Gasteiger partial charge on any atom is 0.416 e.